The van der Waals surface area contributed by atoms with Gasteiger partial charge in [0.15, 0.2) is 0 Å². The van der Waals surface area contributed by atoms with Gasteiger partial charge >= 0.3 is 0 Å². The maximum atomic E-state index is 12.1. The number of nitrogens with two attached hydrogens (primary N) is 1. The zero-order chi connectivity index (χ0) is 17.3. The second-order valence-corrected chi connectivity index (χ2v) is 6.22. The summed E-state index contributed by atoms with van der Waals surface area (Å²) >= 11 is 0. The van der Waals surface area contributed by atoms with Gasteiger partial charge < -0.3 is 10.3 Å². The van der Waals surface area contributed by atoms with E-state index < -0.39 is 0 Å². The Balaban J connectivity index is 2.16. The van der Waals surface area contributed by atoms with E-state index in [0.29, 0.717) is 5.56 Å². The maximum absolute atomic E-state index is 12.1. The minimum absolute atomic E-state index is 0.377. The van der Waals surface area contributed by atoms with Crippen LogP contribution in [0.15, 0.2) is 54.6 Å². The number of benzene rings is 2. The molecule has 122 valence electrons. The first-order chi connectivity index (χ1) is 11.5. The molecule has 0 atom stereocenters. The molecule has 0 fully saturated rings. The summed E-state index contributed by atoms with van der Waals surface area (Å²) in [5, 5.41) is 0. The number of primary amides is 1. The van der Waals surface area contributed by atoms with Gasteiger partial charge in [0.25, 0.3) is 5.91 Å². The molecule has 1 aromatic heterocycles. The maximum Gasteiger partial charge on any atom is 0.251 e. The van der Waals surface area contributed by atoms with Crippen LogP contribution < -0.4 is 5.73 Å². The number of amides is 1. The van der Waals surface area contributed by atoms with Gasteiger partial charge in [-0.2, -0.15) is 0 Å². The number of hydrogen-bond donors (Lipinski definition) is 1. The van der Waals surface area contributed by atoms with E-state index >= 15 is 0 Å². The minimum Gasteiger partial charge on any atom is -0.366 e. The fourth-order valence-electron chi connectivity index (χ4n) is 3.26. The highest BCUT2D eigenvalue weighted by atomic mass is 16.1. The van der Waals surface area contributed by atoms with E-state index in [1.54, 1.807) is 0 Å². The minimum atomic E-state index is -0.377. The summed E-state index contributed by atoms with van der Waals surface area (Å²) in [5.74, 6) is -0.377. The smallest absolute Gasteiger partial charge is 0.251 e. The van der Waals surface area contributed by atoms with Gasteiger partial charge in [-0.05, 0) is 31.9 Å². The van der Waals surface area contributed by atoms with E-state index in [1.807, 2.05) is 25.1 Å². The average molecular weight is 318 g/mol. The van der Waals surface area contributed by atoms with E-state index in [-0.39, 0.29) is 5.91 Å². The van der Waals surface area contributed by atoms with Gasteiger partial charge in [0.2, 0.25) is 0 Å². The molecule has 0 unspecified atom stereocenters. The van der Waals surface area contributed by atoms with Gasteiger partial charge in [-0.1, -0.05) is 60.2 Å². The second-order valence-electron chi connectivity index (χ2n) is 6.22. The lowest BCUT2D eigenvalue weighted by molar-refractivity contribution is 0.1000. The van der Waals surface area contributed by atoms with Crippen LogP contribution in [-0.2, 0) is 6.54 Å². The van der Waals surface area contributed by atoms with Crippen LogP contribution in [-0.4, -0.2) is 10.5 Å². The molecule has 0 radical (unpaired) electrons. The highest BCUT2D eigenvalue weighted by Crippen LogP contribution is 2.32. The molecule has 24 heavy (non-hydrogen) atoms. The van der Waals surface area contributed by atoms with Crippen molar-refractivity contribution < 1.29 is 4.79 Å². The predicted octanol–water partition coefficient (Wildman–Crippen LogP) is 4.23. The quantitative estimate of drug-likeness (QED) is 0.769. The lowest BCUT2D eigenvalue weighted by Crippen LogP contribution is -2.13. The summed E-state index contributed by atoms with van der Waals surface area (Å²) in [4.78, 5) is 12.1. The van der Waals surface area contributed by atoms with Crippen molar-refractivity contribution in [3.63, 3.8) is 0 Å². The first kappa shape index (κ1) is 16.1. The summed E-state index contributed by atoms with van der Waals surface area (Å²) in [7, 11) is 0. The summed E-state index contributed by atoms with van der Waals surface area (Å²) in [6, 6.07) is 18.5. The topological polar surface area (TPSA) is 48.0 Å². The van der Waals surface area contributed by atoms with E-state index in [4.69, 9.17) is 5.73 Å². The van der Waals surface area contributed by atoms with Crippen molar-refractivity contribution in [1.29, 1.82) is 0 Å². The van der Waals surface area contributed by atoms with Gasteiger partial charge in [0, 0.05) is 23.5 Å². The Morgan fingerprint density at radius 2 is 1.54 bits per heavy atom. The van der Waals surface area contributed by atoms with Crippen LogP contribution in [0.3, 0.4) is 0 Å². The fraction of sp³-hybridized carbons (Fsp3) is 0.190. The Morgan fingerprint density at radius 3 is 2.12 bits per heavy atom. The molecule has 1 heterocycles. The standard InChI is InChI=1S/C21H22N2O/c1-14-9-11-18(12-10-14)19-15(2)23(16(3)20(19)21(22)24)13-17-7-5-4-6-8-17/h4-12H,13H2,1-3H3,(H2,22,24). The second kappa shape index (κ2) is 6.36. The predicted molar refractivity (Wildman–Crippen MR) is 98.1 cm³/mol. The normalized spacial score (nSPS) is 10.8. The van der Waals surface area contributed by atoms with E-state index in [2.05, 4.69) is 54.8 Å². The Hall–Kier alpha value is -2.81. The molecule has 2 N–H and O–H groups in total. The molecule has 0 saturated heterocycles. The molecule has 0 aliphatic heterocycles. The summed E-state index contributed by atoms with van der Waals surface area (Å²) in [6.07, 6.45) is 0. The molecule has 3 aromatic rings. The first-order valence-electron chi connectivity index (χ1n) is 8.09. The molecule has 3 rings (SSSR count). The number of aryl methyl sites for hydroxylation is 1. The van der Waals surface area contributed by atoms with E-state index in [1.165, 1.54) is 11.1 Å². The third-order valence-electron chi connectivity index (χ3n) is 4.55. The summed E-state index contributed by atoms with van der Waals surface area (Å²) < 4.78 is 2.17. The lowest BCUT2D eigenvalue weighted by atomic mass is 9.99. The molecule has 0 bridgehead atoms. The van der Waals surface area contributed by atoms with Crippen molar-refractivity contribution in [1.82, 2.24) is 4.57 Å². The molecule has 3 nitrogen and oxygen atoms in total. The molecule has 0 aliphatic carbocycles. The number of rotatable bonds is 4. The summed E-state index contributed by atoms with van der Waals surface area (Å²) in [6.45, 7) is 6.80. The SMILES string of the molecule is Cc1ccc(-c2c(C(N)=O)c(C)n(Cc3ccccc3)c2C)cc1. The van der Waals surface area contributed by atoms with Gasteiger partial charge in [0.05, 0.1) is 5.56 Å². The van der Waals surface area contributed by atoms with Crippen LogP contribution in [0.25, 0.3) is 11.1 Å². The summed E-state index contributed by atoms with van der Waals surface area (Å²) in [5.41, 5.74) is 12.7. The largest absolute Gasteiger partial charge is 0.366 e. The average Bonchev–Trinajstić information content (AvgIpc) is 2.81. The number of aromatic nitrogens is 1. The van der Waals surface area contributed by atoms with Crippen molar-refractivity contribution in [2.45, 2.75) is 27.3 Å². The van der Waals surface area contributed by atoms with Crippen LogP contribution in [0, 0.1) is 20.8 Å². The van der Waals surface area contributed by atoms with Crippen molar-refractivity contribution in [3.05, 3.63) is 82.7 Å². The number of hydrogen-bond acceptors (Lipinski definition) is 1. The van der Waals surface area contributed by atoms with Gasteiger partial charge in [-0.25, -0.2) is 0 Å². The lowest BCUT2D eigenvalue weighted by Gasteiger charge is -2.10. The Bertz CT molecular complexity index is 874. The zero-order valence-electron chi connectivity index (χ0n) is 14.3. The highest BCUT2D eigenvalue weighted by Gasteiger charge is 2.22. The van der Waals surface area contributed by atoms with Crippen LogP contribution in [0.5, 0.6) is 0 Å². The van der Waals surface area contributed by atoms with E-state index in [0.717, 1.165) is 29.1 Å². The molecule has 0 saturated carbocycles. The Labute approximate surface area is 142 Å². The van der Waals surface area contributed by atoms with Gasteiger partial charge in [-0.3, -0.25) is 4.79 Å². The Morgan fingerprint density at radius 1 is 0.917 bits per heavy atom. The van der Waals surface area contributed by atoms with Crippen molar-refractivity contribution in [3.8, 4) is 11.1 Å². The van der Waals surface area contributed by atoms with Crippen molar-refractivity contribution in [2.75, 3.05) is 0 Å². The van der Waals surface area contributed by atoms with Crippen LogP contribution >= 0.6 is 0 Å². The van der Waals surface area contributed by atoms with Gasteiger partial charge in [-0.15, -0.1) is 0 Å². The molecular formula is C21H22N2O. The molecule has 0 aliphatic rings. The third-order valence-corrected chi connectivity index (χ3v) is 4.55. The van der Waals surface area contributed by atoms with Gasteiger partial charge in [0.1, 0.15) is 0 Å². The number of carbonyl (C=O) groups excluding carboxylic acids is 1. The third kappa shape index (κ3) is 2.85. The van der Waals surface area contributed by atoms with Crippen molar-refractivity contribution >= 4 is 5.91 Å². The van der Waals surface area contributed by atoms with Crippen molar-refractivity contribution in [2.24, 2.45) is 5.73 Å². The molecule has 1 amide bonds. The fourth-order valence-corrected chi connectivity index (χ4v) is 3.26. The monoisotopic (exact) mass is 318 g/mol. The van der Waals surface area contributed by atoms with E-state index in [9.17, 15) is 4.79 Å². The molecule has 2 aromatic carbocycles. The molecule has 3 heteroatoms. The van der Waals surface area contributed by atoms with Crippen LogP contribution in [0.2, 0.25) is 0 Å². The first-order valence-corrected chi connectivity index (χ1v) is 8.09. The Kier molecular flexibility index (Phi) is 4.26. The highest BCUT2D eigenvalue weighted by molar-refractivity contribution is 6.02. The molecular weight excluding hydrogens is 296 g/mol. The van der Waals surface area contributed by atoms with Crippen LogP contribution in [0.4, 0.5) is 0 Å². The van der Waals surface area contributed by atoms with Crippen LogP contribution in [0.1, 0.15) is 32.9 Å². The number of nitrogens with zero attached hydrogens (tertiary/aromatic N) is 1. The molecule has 0 spiro atoms. The number of carbonyl (C=O) groups is 1. The zero-order valence-corrected chi connectivity index (χ0v) is 14.3.